The normalized spacial score (nSPS) is 11.2. The quantitative estimate of drug-likeness (QED) is 0.792. The zero-order chi connectivity index (χ0) is 14.8. The van der Waals surface area contributed by atoms with Crippen LogP contribution in [0.15, 0.2) is 42.5 Å². The first kappa shape index (κ1) is 14.4. The summed E-state index contributed by atoms with van der Waals surface area (Å²) in [7, 11) is 0. The molecule has 0 aliphatic carbocycles. The third-order valence-corrected chi connectivity index (χ3v) is 4.15. The molecule has 0 aliphatic heterocycles. The first-order valence-corrected chi connectivity index (χ1v) is 7.53. The maximum absolute atomic E-state index is 6.12. The smallest absolute Gasteiger partial charge is 0.114 e. The molecule has 1 heterocycles. The van der Waals surface area contributed by atoms with Crippen LogP contribution in [-0.4, -0.2) is 16.1 Å². The van der Waals surface area contributed by atoms with Gasteiger partial charge in [-0.05, 0) is 17.7 Å². The summed E-state index contributed by atoms with van der Waals surface area (Å²) < 4.78 is 2.12. The van der Waals surface area contributed by atoms with Crippen LogP contribution in [0.4, 0.5) is 0 Å². The van der Waals surface area contributed by atoms with Crippen LogP contribution in [-0.2, 0) is 13.0 Å². The maximum Gasteiger partial charge on any atom is 0.114 e. The Kier molecular flexibility index (Phi) is 4.15. The number of aromatic nitrogens is 2. The zero-order valence-corrected chi connectivity index (χ0v) is 12.9. The first-order chi connectivity index (χ1) is 10.2. The highest BCUT2D eigenvalue weighted by molar-refractivity contribution is 6.42. The number of rotatable bonds is 4. The monoisotopic (exact) mass is 319 g/mol. The molecule has 2 aromatic carbocycles. The van der Waals surface area contributed by atoms with E-state index in [0.717, 1.165) is 23.3 Å². The highest BCUT2D eigenvalue weighted by Crippen LogP contribution is 2.28. The first-order valence-electron chi connectivity index (χ1n) is 6.77. The summed E-state index contributed by atoms with van der Waals surface area (Å²) in [6.45, 7) is 1.25. The van der Waals surface area contributed by atoms with E-state index in [2.05, 4.69) is 16.7 Å². The highest BCUT2D eigenvalue weighted by atomic mass is 35.5. The molecule has 5 heteroatoms. The topological polar surface area (TPSA) is 43.8 Å². The van der Waals surface area contributed by atoms with Crippen molar-refractivity contribution in [3.05, 3.63) is 63.9 Å². The molecule has 0 radical (unpaired) electrons. The molecule has 21 heavy (non-hydrogen) atoms. The van der Waals surface area contributed by atoms with Crippen LogP contribution in [0.3, 0.4) is 0 Å². The van der Waals surface area contributed by atoms with E-state index in [4.69, 9.17) is 33.9 Å². The second-order valence-electron chi connectivity index (χ2n) is 4.89. The number of benzene rings is 2. The van der Waals surface area contributed by atoms with Crippen LogP contribution in [0.2, 0.25) is 10.0 Å². The fourth-order valence-corrected chi connectivity index (χ4v) is 2.78. The third kappa shape index (κ3) is 2.91. The van der Waals surface area contributed by atoms with Crippen LogP contribution in [0.25, 0.3) is 11.0 Å². The summed E-state index contributed by atoms with van der Waals surface area (Å²) in [6, 6.07) is 13.9. The lowest BCUT2D eigenvalue weighted by atomic mass is 10.1. The van der Waals surface area contributed by atoms with Crippen LogP contribution in [0.1, 0.15) is 11.4 Å². The molecule has 2 N–H and O–H groups in total. The van der Waals surface area contributed by atoms with Gasteiger partial charge in [-0.25, -0.2) is 4.98 Å². The number of imidazole rings is 1. The largest absolute Gasteiger partial charge is 0.329 e. The molecule has 1 aromatic heterocycles. The lowest BCUT2D eigenvalue weighted by Gasteiger charge is -2.08. The van der Waals surface area contributed by atoms with Crippen LogP contribution >= 0.6 is 23.2 Å². The van der Waals surface area contributed by atoms with E-state index in [1.165, 1.54) is 5.56 Å². The van der Waals surface area contributed by atoms with Gasteiger partial charge in [0.15, 0.2) is 0 Å². The Bertz CT molecular complexity index is 766. The fraction of sp³-hybridized carbons (Fsp3) is 0.188. The predicted octanol–water partition coefficient (Wildman–Crippen LogP) is 3.89. The van der Waals surface area contributed by atoms with Gasteiger partial charge in [-0.15, -0.1) is 0 Å². The van der Waals surface area contributed by atoms with Gasteiger partial charge in [-0.2, -0.15) is 0 Å². The van der Waals surface area contributed by atoms with Gasteiger partial charge in [-0.1, -0.05) is 53.5 Å². The van der Waals surface area contributed by atoms with E-state index in [9.17, 15) is 0 Å². The number of nitrogens with two attached hydrogens (primary N) is 1. The Labute approximate surface area is 133 Å². The molecule has 0 aliphatic rings. The summed E-state index contributed by atoms with van der Waals surface area (Å²) in [5, 5.41) is 1.06. The molecule has 3 nitrogen and oxygen atoms in total. The Hall–Kier alpha value is -1.55. The van der Waals surface area contributed by atoms with Crippen molar-refractivity contribution in [3.63, 3.8) is 0 Å². The number of halogens is 2. The number of hydrogen-bond donors (Lipinski definition) is 1. The summed E-state index contributed by atoms with van der Waals surface area (Å²) in [5.74, 6) is 0.972. The Balaban J connectivity index is 2.10. The predicted molar refractivity (Wildman–Crippen MR) is 88.1 cm³/mol. The summed E-state index contributed by atoms with van der Waals surface area (Å²) in [6.07, 6.45) is 0.755. The molecule has 3 rings (SSSR count). The maximum atomic E-state index is 6.12. The van der Waals surface area contributed by atoms with E-state index in [1.54, 1.807) is 6.07 Å². The van der Waals surface area contributed by atoms with Crippen molar-refractivity contribution in [1.82, 2.24) is 9.55 Å². The molecule has 0 atom stereocenters. The van der Waals surface area contributed by atoms with E-state index < -0.39 is 0 Å². The molecular formula is C16H15Cl2N3. The number of hydrogen-bond acceptors (Lipinski definition) is 2. The Morgan fingerprint density at radius 1 is 1.05 bits per heavy atom. The lowest BCUT2D eigenvalue weighted by Crippen LogP contribution is -2.12. The average molecular weight is 320 g/mol. The van der Waals surface area contributed by atoms with Crippen molar-refractivity contribution in [2.24, 2.45) is 5.73 Å². The number of nitrogens with zero attached hydrogens (tertiary/aromatic N) is 2. The van der Waals surface area contributed by atoms with E-state index in [0.29, 0.717) is 23.1 Å². The average Bonchev–Trinajstić information content (AvgIpc) is 2.79. The molecule has 0 bridgehead atoms. The Morgan fingerprint density at radius 2 is 1.76 bits per heavy atom. The summed E-state index contributed by atoms with van der Waals surface area (Å²) in [4.78, 5) is 4.69. The second kappa shape index (κ2) is 6.06. The van der Waals surface area contributed by atoms with E-state index in [-0.39, 0.29) is 0 Å². The van der Waals surface area contributed by atoms with Crippen LogP contribution in [0.5, 0.6) is 0 Å². The Morgan fingerprint density at radius 3 is 2.48 bits per heavy atom. The molecule has 108 valence electrons. The molecule has 3 aromatic rings. The minimum absolute atomic E-state index is 0.521. The second-order valence-corrected chi connectivity index (χ2v) is 5.70. The van der Waals surface area contributed by atoms with Crippen LogP contribution in [0, 0.1) is 0 Å². The fourth-order valence-electron chi connectivity index (χ4n) is 2.46. The molecule has 0 spiro atoms. The lowest BCUT2D eigenvalue weighted by molar-refractivity contribution is 0.690. The van der Waals surface area contributed by atoms with Gasteiger partial charge < -0.3 is 10.3 Å². The molecule has 0 amide bonds. The standard InChI is InChI=1S/C16H15Cl2N3/c17-12-9-14-15(10-13(12)18)21(7-6-19)16(20-14)8-11-4-2-1-3-5-11/h1-5,9-10H,6-8,19H2. The SMILES string of the molecule is NCCn1c(Cc2ccccc2)nc2cc(Cl)c(Cl)cc21. The zero-order valence-electron chi connectivity index (χ0n) is 11.4. The van der Waals surface area contributed by atoms with Gasteiger partial charge in [-0.3, -0.25) is 0 Å². The van der Waals surface area contributed by atoms with Crippen molar-refractivity contribution in [2.75, 3.05) is 6.54 Å². The number of fused-ring (bicyclic) bond motifs is 1. The van der Waals surface area contributed by atoms with Gasteiger partial charge in [0.05, 0.1) is 21.1 Å². The van der Waals surface area contributed by atoms with E-state index >= 15 is 0 Å². The third-order valence-electron chi connectivity index (χ3n) is 3.43. The summed E-state index contributed by atoms with van der Waals surface area (Å²) >= 11 is 12.2. The summed E-state index contributed by atoms with van der Waals surface area (Å²) in [5.41, 5.74) is 8.77. The van der Waals surface area contributed by atoms with Crippen molar-refractivity contribution < 1.29 is 0 Å². The molecule has 0 saturated carbocycles. The van der Waals surface area contributed by atoms with Gasteiger partial charge in [0.25, 0.3) is 0 Å². The molecule has 0 unspecified atom stereocenters. The van der Waals surface area contributed by atoms with Crippen molar-refractivity contribution >= 4 is 34.2 Å². The molecular weight excluding hydrogens is 305 g/mol. The highest BCUT2D eigenvalue weighted by Gasteiger charge is 2.13. The van der Waals surface area contributed by atoms with Crippen molar-refractivity contribution in [3.8, 4) is 0 Å². The minimum atomic E-state index is 0.521. The van der Waals surface area contributed by atoms with Gasteiger partial charge >= 0.3 is 0 Å². The van der Waals surface area contributed by atoms with E-state index in [1.807, 2.05) is 24.3 Å². The minimum Gasteiger partial charge on any atom is -0.329 e. The molecule has 0 fully saturated rings. The van der Waals surface area contributed by atoms with Gasteiger partial charge in [0.2, 0.25) is 0 Å². The van der Waals surface area contributed by atoms with Crippen LogP contribution < -0.4 is 5.73 Å². The van der Waals surface area contributed by atoms with Gasteiger partial charge in [0.1, 0.15) is 5.82 Å². The van der Waals surface area contributed by atoms with Gasteiger partial charge in [0, 0.05) is 19.5 Å². The van der Waals surface area contributed by atoms with Crippen molar-refractivity contribution in [1.29, 1.82) is 0 Å². The van der Waals surface area contributed by atoms with Crippen molar-refractivity contribution in [2.45, 2.75) is 13.0 Å². The molecule has 0 saturated heterocycles.